The van der Waals surface area contributed by atoms with Gasteiger partial charge in [-0.15, -0.1) is 0 Å². The molecule has 0 amide bonds. The highest BCUT2D eigenvalue weighted by molar-refractivity contribution is 7.90. The van der Waals surface area contributed by atoms with Crippen LogP contribution in [0.1, 0.15) is 11.1 Å². The van der Waals surface area contributed by atoms with Crippen LogP contribution in [0.4, 0.5) is 0 Å². The Morgan fingerprint density at radius 2 is 1.67 bits per heavy atom. The minimum absolute atomic E-state index is 0.0267. The maximum Gasteiger partial charge on any atom is 0.175 e. The van der Waals surface area contributed by atoms with Crippen molar-refractivity contribution in [1.29, 1.82) is 5.41 Å². The number of benzene rings is 2. The number of hydrogen-bond acceptors (Lipinski definition) is 4. The molecule has 110 valence electrons. The van der Waals surface area contributed by atoms with Crippen LogP contribution in [0.5, 0.6) is 5.75 Å². The van der Waals surface area contributed by atoms with Crippen molar-refractivity contribution >= 4 is 15.7 Å². The molecule has 0 aromatic heterocycles. The Morgan fingerprint density at radius 1 is 1.10 bits per heavy atom. The van der Waals surface area contributed by atoms with Gasteiger partial charge in [0.2, 0.25) is 0 Å². The zero-order valence-corrected chi connectivity index (χ0v) is 12.4. The van der Waals surface area contributed by atoms with Crippen LogP contribution in [0.2, 0.25) is 0 Å². The number of sulfone groups is 1. The smallest absolute Gasteiger partial charge is 0.175 e. The van der Waals surface area contributed by atoms with E-state index in [1.165, 1.54) is 18.4 Å². The summed E-state index contributed by atoms with van der Waals surface area (Å²) in [5.41, 5.74) is 6.98. The fraction of sp³-hybridized carbons (Fsp3) is 0.133. The van der Waals surface area contributed by atoms with Crippen molar-refractivity contribution in [2.75, 3.05) is 6.26 Å². The number of ether oxygens (including phenoxy) is 1. The molecule has 2 aromatic rings. The van der Waals surface area contributed by atoms with Gasteiger partial charge in [0.05, 0.1) is 4.90 Å². The second kappa shape index (κ2) is 5.97. The Bertz CT molecular complexity index is 735. The van der Waals surface area contributed by atoms with Gasteiger partial charge in [0.1, 0.15) is 18.2 Å². The highest BCUT2D eigenvalue weighted by atomic mass is 32.2. The van der Waals surface area contributed by atoms with Crippen molar-refractivity contribution in [3.8, 4) is 5.75 Å². The zero-order chi connectivity index (χ0) is 15.5. The third-order valence-electron chi connectivity index (χ3n) is 2.92. The largest absolute Gasteiger partial charge is 0.489 e. The van der Waals surface area contributed by atoms with Crippen LogP contribution in [0, 0.1) is 5.41 Å². The van der Waals surface area contributed by atoms with Crippen LogP contribution < -0.4 is 10.5 Å². The Morgan fingerprint density at radius 3 is 2.14 bits per heavy atom. The van der Waals surface area contributed by atoms with Crippen LogP contribution in [-0.2, 0) is 16.4 Å². The minimum atomic E-state index is -3.19. The molecule has 0 aliphatic rings. The molecular weight excluding hydrogens is 288 g/mol. The van der Waals surface area contributed by atoms with Crippen LogP contribution in [0.3, 0.4) is 0 Å². The molecule has 0 aliphatic heterocycles. The molecule has 0 saturated carbocycles. The molecule has 0 aliphatic carbocycles. The monoisotopic (exact) mass is 304 g/mol. The lowest BCUT2D eigenvalue weighted by atomic mass is 10.1. The molecule has 0 heterocycles. The third-order valence-corrected chi connectivity index (χ3v) is 4.05. The van der Waals surface area contributed by atoms with Crippen molar-refractivity contribution in [2.24, 2.45) is 5.73 Å². The molecule has 0 saturated heterocycles. The van der Waals surface area contributed by atoms with Crippen molar-refractivity contribution in [2.45, 2.75) is 11.5 Å². The van der Waals surface area contributed by atoms with Gasteiger partial charge in [-0.05, 0) is 29.8 Å². The van der Waals surface area contributed by atoms with E-state index in [1.54, 1.807) is 24.3 Å². The summed E-state index contributed by atoms with van der Waals surface area (Å²) in [6.45, 7) is 0.358. The Kier molecular flexibility index (Phi) is 4.28. The molecule has 21 heavy (non-hydrogen) atoms. The minimum Gasteiger partial charge on any atom is -0.489 e. The third kappa shape index (κ3) is 4.06. The normalized spacial score (nSPS) is 11.1. The SMILES string of the molecule is CS(=O)(=O)c1ccc(OCc2ccc(C(=N)N)cc2)cc1. The van der Waals surface area contributed by atoms with Crippen molar-refractivity contribution in [1.82, 2.24) is 0 Å². The molecular formula is C15H16N2O3S. The van der Waals surface area contributed by atoms with E-state index in [-0.39, 0.29) is 10.7 Å². The van der Waals surface area contributed by atoms with Crippen LogP contribution in [-0.4, -0.2) is 20.5 Å². The van der Waals surface area contributed by atoms with E-state index in [0.29, 0.717) is 17.9 Å². The summed E-state index contributed by atoms with van der Waals surface area (Å²) in [5, 5.41) is 7.31. The van der Waals surface area contributed by atoms with Crippen LogP contribution >= 0.6 is 0 Å². The number of nitrogen functional groups attached to an aromatic ring is 1. The van der Waals surface area contributed by atoms with E-state index in [1.807, 2.05) is 12.1 Å². The maximum absolute atomic E-state index is 11.3. The molecule has 0 spiro atoms. The van der Waals surface area contributed by atoms with Gasteiger partial charge < -0.3 is 10.5 Å². The fourth-order valence-corrected chi connectivity index (χ4v) is 2.36. The van der Waals surface area contributed by atoms with E-state index >= 15 is 0 Å². The molecule has 2 rings (SSSR count). The van der Waals surface area contributed by atoms with Gasteiger partial charge in [-0.3, -0.25) is 5.41 Å². The van der Waals surface area contributed by atoms with Gasteiger partial charge in [0.25, 0.3) is 0 Å². The lowest BCUT2D eigenvalue weighted by Gasteiger charge is -2.07. The molecule has 0 radical (unpaired) electrons. The van der Waals surface area contributed by atoms with Gasteiger partial charge in [0, 0.05) is 11.8 Å². The lowest BCUT2D eigenvalue weighted by molar-refractivity contribution is 0.306. The number of amidine groups is 1. The van der Waals surface area contributed by atoms with Crippen molar-refractivity contribution in [3.63, 3.8) is 0 Å². The van der Waals surface area contributed by atoms with Gasteiger partial charge in [-0.2, -0.15) is 0 Å². The summed E-state index contributed by atoms with van der Waals surface area (Å²) >= 11 is 0. The first-order valence-corrected chi connectivity index (χ1v) is 8.11. The van der Waals surface area contributed by atoms with E-state index in [2.05, 4.69) is 0 Å². The van der Waals surface area contributed by atoms with E-state index in [4.69, 9.17) is 15.9 Å². The number of nitrogens with one attached hydrogen (secondary N) is 1. The first-order valence-electron chi connectivity index (χ1n) is 6.22. The Balaban J connectivity index is 2.01. The lowest BCUT2D eigenvalue weighted by Crippen LogP contribution is -2.10. The summed E-state index contributed by atoms with van der Waals surface area (Å²) in [6.07, 6.45) is 1.17. The quantitative estimate of drug-likeness (QED) is 0.652. The van der Waals surface area contributed by atoms with E-state index in [9.17, 15) is 8.42 Å². The average molecular weight is 304 g/mol. The van der Waals surface area contributed by atoms with Gasteiger partial charge in [-0.1, -0.05) is 24.3 Å². The summed E-state index contributed by atoms with van der Waals surface area (Å²) in [7, 11) is -3.19. The molecule has 3 N–H and O–H groups in total. The van der Waals surface area contributed by atoms with Crippen LogP contribution in [0.25, 0.3) is 0 Å². The molecule has 0 fully saturated rings. The number of hydrogen-bond donors (Lipinski definition) is 2. The van der Waals surface area contributed by atoms with E-state index < -0.39 is 9.84 Å². The Hall–Kier alpha value is -2.34. The average Bonchev–Trinajstić information content (AvgIpc) is 2.45. The molecule has 0 bridgehead atoms. The van der Waals surface area contributed by atoms with Gasteiger partial charge in [-0.25, -0.2) is 8.42 Å². The predicted molar refractivity (Wildman–Crippen MR) is 81.3 cm³/mol. The Labute approximate surface area is 123 Å². The predicted octanol–water partition coefficient (Wildman–Crippen LogP) is 1.95. The molecule has 5 nitrogen and oxygen atoms in total. The highest BCUT2D eigenvalue weighted by Crippen LogP contribution is 2.17. The highest BCUT2D eigenvalue weighted by Gasteiger charge is 2.06. The van der Waals surface area contributed by atoms with Crippen molar-refractivity contribution < 1.29 is 13.2 Å². The topological polar surface area (TPSA) is 93.2 Å². The fourth-order valence-electron chi connectivity index (χ4n) is 1.73. The maximum atomic E-state index is 11.3. The summed E-state index contributed by atoms with van der Waals surface area (Å²) in [6, 6.07) is 13.5. The standard InChI is InChI=1S/C15H16N2O3S/c1-21(18,19)14-8-6-13(7-9-14)20-10-11-2-4-12(5-3-11)15(16)17/h2-9H,10H2,1H3,(H3,16,17). The summed E-state index contributed by atoms with van der Waals surface area (Å²) in [4.78, 5) is 0.265. The van der Waals surface area contributed by atoms with Gasteiger partial charge >= 0.3 is 0 Å². The first kappa shape index (κ1) is 15.1. The zero-order valence-electron chi connectivity index (χ0n) is 11.5. The number of nitrogens with two attached hydrogens (primary N) is 1. The second-order valence-electron chi connectivity index (χ2n) is 4.64. The number of rotatable bonds is 5. The molecule has 6 heteroatoms. The van der Waals surface area contributed by atoms with Crippen LogP contribution in [0.15, 0.2) is 53.4 Å². The summed E-state index contributed by atoms with van der Waals surface area (Å²) in [5.74, 6) is 0.622. The second-order valence-corrected chi connectivity index (χ2v) is 6.66. The summed E-state index contributed by atoms with van der Waals surface area (Å²) < 4.78 is 28.3. The van der Waals surface area contributed by atoms with Crippen molar-refractivity contribution in [3.05, 3.63) is 59.7 Å². The molecule has 2 aromatic carbocycles. The van der Waals surface area contributed by atoms with E-state index in [0.717, 1.165) is 5.56 Å². The van der Waals surface area contributed by atoms with Gasteiger partial charge in [0.15, 0.2) is 9.84 Å². The molecule has 0 unspecified atom stereocenters. The first-order chi connectivity index (χ1) is 9.86. The molecule has 0 atom stereocenters.